The highest BCUT2D eigenvalue weighted by Crippen LogP contribution is 2.35. The van der Waals surface area contributed by atoms with Crippen LogP contribution in [0.15, 0.2) is 47.4 Å². The number of alkyl halides is 3. The summed E-state index contributed by atoms with van der Waals surface area (Å²) in [6.07, 6.45) is -2.65. The Balaban J connectivity index is 1.49. The molecule has 0 spiro atoms. The highest BCUT2D eigenvalue weighted by molar-refractivity contribution is 5.87. The second-order valence-corrected chi connectivity index (χ2v) is 7.50. The number of halogens is 4. The summed E-state index contributed by atoms with van der Waals surface area (Å²) in [6, 6.07) is 7.37. The second kappa shape index (κ2) is 7.72. The SMILES string of the molecule is C[C@H]1c2ccc(C(F)(F)F)cc2CCN1C(=O)CNc1cc2cc[nH]c(=O)c2cc1F. The summed E-state index contributed by atoms with van der Waals surface area (Å²) in [7, 11) is 0. The Morgan fingerprint density at radius 3 is 2.74 bits per heavy atom. The van der Waals surface area contributed by atoms with E-state index >= 15 is 0 Å². The van der Waals surface area contributed by atoms with E-state index in [0.29, 0.717) is 22.9 Å². The molecule has 9 heteroatoms. The van der Waals surface area contributed by atoms with E-state index in [-0.39, 0.29) is 30.1 Å². The molecule has 1 aliphatic heterocycles. The van der Waals surface area contributed by atoms with Gasteiger partial charge in [-0.2, -0.15) is 13.2 Å². The summed E-state index contributed by atoms with van der Waals surface area (Å²) in [6.45, 7) is 1.84. The number of nitrogens with zero attached hydrogens (tertiary/aromatic N) is 1. The molecule has 0 radical (unpaired) electrons. The molecule has 1 amide bonds. The van der Waals surface area contributed by atoms with Crippen molar-refractivity contribution in [3.05, 3.63) is 75.5 Å². The molecule has 5 nitrogen and oxygen atoms in total. The molecule has 0 aliphatic carbocycles. The fraction of sp³-hybridized carbons (Fsp3) is 0.273. The number of rotatable bonds is 3. The van der Waals surface area contributed by atoms with Crippen molar-refractivity contribution in [3.8, 4) is 0 Å². The van der Waals surface area contributed by atoms with Crippen LogP contribution >= 0.6 is 0 Å². The van der Waals surface area contributed by atoms with E-state index in [1.54, 1.807) is 17.9 Å². The lowest BCUT2D eigenvalue weighted by atomic mass is 9.91. The zero-order valence-electron chi connectivity index (χ0n) is 16.5. The van der Waals surface area contributed by atoms with Gasteiger partial charge in [0, 0.05) is 12.7 Å². The van der Waals surface area contributed by atoms with Crippen molar-refractivity contribution in [2.75, 3.05) is 18.4 Å². The van der Waals surface area contributed by atoms with Gasteiger partial charge in [-0.25, -0.2) is 4.39 Å². The van der Waals surface area contributed by atoms with Gasteiger partial charge < -0.3 is 15.2 Å². The first-order valence-corrected chi connectivity index (χ1v) is 9.69. The number of pyridine rings is 1. The number of benzene rings is 2. The number of amides is 1. The number of hydrogen-bond donors (Lipinski definition) is 2. The molecule has 162 valence electrons. The van der Waals surface area contributed by atoms with Gasteiger partial charge in [-0.15, -0.1) is 0 Å². The molecule has 1 atom stereocenters. The van der Waals surface area contributed by atoms with Gasteiger partial charge in [0.25, 0.3) is 5.56 Å². The van der Waals surface area contributed by atoms with Gasteiger partial charge in [-0.3, -0.25) is 9.59 Å². The van der Waals surface area contributed by atoms with Crippen molar-refractivity contribution in [2.24, 2.45) is 0 Å². The number of carbonyl (C=O) groups excluding carboxylic acids is 1. The number of aromatic amines is 1. The minimum atomic E-state index is -4.41. The van der Waals surface area contributed by atoms with Gasteiger partial charge >= 0.3 is 6.18 Å². The summed E-state index contributed by atoms with van der Waals surface area (Å²) in [5.41, 5.74) is 0.221. The number of carbonyl (C=O) groups is 1. The average molecular weight is 433 g/mol. The molecule has 2 aromatic carbocycles. The third-order valence-electron chi connectivity index (χ3n) is 5.62. The average Bonchev–Trinajstić information content (AvgIpc) is 2.72. The van der Waals surface area contributed by atoms with Crippen molar-refractivity contribution in [3.63, 3.8) is 0 Å². The predicted molar refractivity (Wildman–Crippen MR) is 108 cm³/mol. The van der Waals surface area contributed by atoms with Crippen LogP contribution in [0.3, 0.4) is 0 Å². The largest absolute Gasteiger partial charge is 0.416 e. The second-order valence-electron chi connectivity index (χ2n) is 7.50. The maximum absolute atomic E-state index is 14.4. The van der Waals surface area contributed by atoms with Gasteiger partial charge in [-0.1, -0.05) is 6.07 Å². The Labute approximate surface area is 174 Å². The van der Waals surface area contributed by atoms with E-state index in [0.717, 1.165) is 18.2 Å². The number of aromatic nitrogens is 1. The fourth-order valence-electron chi connectivity index (χ4n) is 3.97. The molecular formula is C22H19F4N3O2. The van der Waals surface area contributed by atoms with Crippen LogP contribution in [-0.4, -0.2) is 28.9 Å². The van der Waals surface area contributed by atoms with Gasteiger partial charge in [0.05, 0.1) is 29.2 Å². The zero-order chi connectivity index (χ0) is 22.3. The van der Waals surface area contributed by atoms with Crippen LogP contribution in [0.4, 0.5) is 23.2 Å². The monoisotopic (exact) mass is 433 g/mol. The Morgan fingerprint density at radius 1 is 1.23 bits per heavy atom. The molecule has 0 bridgehead atoms. The Bertz CT molecular complexity index is 1220. The maximum atomic E-state index is 14.4. The van der Waals surface area contributed by atoms with Crippen LogP contribution in [0.2, 0.25) is 0 Å². The summed E-state index contributed by atoms with van der Waals surface area (Å²) >= 11 is 0. The van der Waals surface area contributed by atoms with Crippen LogP contribution < -0.4 is 10.9 Å². The van der Waals surface area contributed by atoms with Crippen molar-refractivity contribution >= 4 is 22.4 Å². The van der Waals surface area contributed by atoms with E-state index in [2.05, 4.69) is 10.3 Å². The Kier molecular flexibility index (Phi) is 5.20. The maximum Gasteiger partial charge on any atom is 0.416 e. The minimum absolute atomic E-state index is 0.0892. The molecule has 1 aliphatic rings. The van der Waals surface area contributed by atoms with Gasteiger partial charge in [0.1, 0.15) is 5.82 Å². The lowest BCUT2D eigenvalue weighted by Gasteiger charge is -2.35. The van der Waals surface area contributed by atoms with Gasteiger partial charge in [-0.05, 0) is 60.2 Å². The van der Waals surface area contributed by atoms with Gasteiger partial charge in [0.2, 0.25) is 5.91 Å². The molecule has 3 aromatic rings. The summed E-state index contributed by atoms with van der Waals surface area (Å²) in [5.74, 6) is -0.961. The fourth-order valence-corrected chi connectivity index (χ4v) is 3.97. The third kappa shape index (κ3) is 3.99. The van der Waals surface area contributed by atoms with E-state index in [4.69, 9.17) is 0 Å². The number of nitrogens with one attached hydrogen (secondary N) is 2. The van der Waals surface area contributed by atoms with Gasteiger partial charge in [0.15, 0.2) is 0 Å². The normalized spacial score (nSPS) is 16.3. The molecule has 4 rings (SSSR count). The molecule has 0 saturated heterocycles. The zero-order valence-corrected chi connectivity index (χ0v) is 16.5. The van der Waals surface area contributed by atoms with Crippen LogP contribution in [0.25, 0.3) is 10.8 Å². The molecule has 0 fully saturated rings. The Hall–Kier alpha value is -3.36. The molecule has 0 saturated carbocycles. The molecule has 2 N–H and O–H groups in total. The molecular weight excluding hydrogens is 414 g/mol. The molecule has 31 heavy (non-hydrogen) atoms. The Morgan fingerprint density at radius 2 is 2.00 bits per heavy atom. The first-order valence-electron chi connectivity index (χ1n) is 9.69. The lowest BCUT2D eigenvalue weighted by Crippen LogP contribution is -2.41. The summed E-state index contributed by atoms with van der Waals surface area (Å²) in [4.78, 5) is 28.5. The smallest absolute Gasteiger partial charge is 0.374 e. The standard InChI is InChI=1S/C22H19F4N3O2/c1-12-16-3-2-15(22(24,25)26)8-14(16)5-7-29(12)20(30)11-28-19-9-13-4-6-27-21(31)17(13)10-18(19)23/h2-4,6,8-10,12,28H,5,7,11H2,1H3,(H,27,31)/t12-/m0/s1. The number of H-pyrrole nitrogens is 1. The van der Waals surface area contributed by atoms with Crippen LogP contribution in [0.1, 0.15) is 29.7 Å². The highest BCUT2D eigenvalue weighted by atomic mass is 19.4. The lowest BCUT2D eigenvalue weighted by molar-refractivity contribution is -0.138. The van der Waals surface area contributed by atoms with Crippen molar-refractivity contribution < 1.29 is 22.4 Å². The molecule has 0 unspecified atom stereocenters. The quantitative estimate of drug-likeness (QED) is 0.608. The summed E-state index contributed by atoms with van der Waals surface area (Å²) in [5, 5.41) is 3.50. The topological polar surface area (TPSA) is 65.2 Å². The predicted octanol–water partition coefficient (Wildman–Crippen LogP) is 4.24. The van der Waals surface area contributed by atoms with Crippen LogP contribution in [-0.2, 0) is 17.4 Å². The van der Waals surface area contributed by atoms with Crippen LogP contribution in [0.5, 0.6) is 0 Å². The first-order chi connectivity index (χ1) is 14.6. The molecule has 2 heterocycles. The number of anilines is 1. The van der Waals surface area contributed by atoms with Crippen molar-refractivity contribution in [2.45, 2.75) is 25.6 Å². The number of fused-ring (bicyclic) bond motifs is 2. The van der Waals surface area contributed by atoms with Crippen molar-refractivity contribution in [1.29, 1.82) is 0 Å². The minimum Gasteiger partial charge on any atom is -0.374 e. The van der Waals surface area contributed by atoms with E-state index in [1.807, 2.05) is 0 Å². The highest BCUT2D eigenvalue weighted by Gasteiger charge is 2.33. The number of hydrogen-bond acceptors (Lipinski definition) is 3. The third-order valence-corrected chi connectivity index (χ3v) is 5.62. The molecule has 1 aromatic heterocycles. The van der Waals surface area contributed by atoms with E-state index < -0.39 is 29.2 Å². The van der Waals surface area contributed by atoms with Crippen molar-refractivity contribution in [1.82, 2.24) is 9.88 Å². The van der Waals surface area contributed by atoms with E-state index in [9.17, 15) is 27.2 Å². The first kappa shape index (κ1) is 20.9. The van der Waals surface area contributed by atoms with Crippen LogP contribution in [0, 0.1) is 5.82 Å². The van der Waals surface area contributed by atoms with E-state index in [1.165, 1.54) is 18.3 Å². The summed E-state index contributed by atoms with van der Waals surface area (Å²) < 4.78 is 53.2.